The normalized spacial score (nSPS) is 11.1. The molecule has 0 saturated heterocycles. The van der Waals surface area contributed by atoms with Crippen molar-refractivity contribution in [2.24, 2.45) is 0 Å². The first-order valence-electron chi connectivity index (χ1n) is 17.9. The summed E-state index contributed by atoms with van der Waals surface area (Å²) in [5.74, 6) is 0.689. The predicted molar refractivity (Wildman–Crippen MR) is 220 cm³/mol. The smallest absolute Gasteiger partial charge is 0.160 e. The van der Waals surface area contributed by atoms with Crippen LogP contribution >= 0.6 is 0 Å². The molecule has 7 aromatic carbocycles. The molecule has 3 heteroatoms. The predicted octanol–water partition coefficient (Wildman–Crippen LogP) is 13.0. The maximum absolute atomic E-state index is 5.19. The Balaban J connectivity index is 1.15. The zero-order valence-corrected chi connectivity index (χ0v) is 29.3. The van der Waals surface area contributed by atoms with Crippen LogP contribution in [0.2, 0.25) is 0 Å². The van der Waals surface area contributed by atoms with E-state index in [0.717, 1.165) is 61.6 Å². The number of rotatable bonds is 7. The Bertz CT molecular complexity index is 2640. The standard InChI is InChI=1S/C50H35N3/c1-34-47(17-10-28-51-34)39-25-22-37(23-26-39)36-18-20-38(21-19-36)44-30-45(43-27-24-35-11-8-9-16-42(35)29-43)32-46(31-44)50-52-48(40-12-4-2-5-13-40)33-49(53-50)41-14-6-3-7-15-41/h2-33H,1H3. The number of hydrogen-bond acceptors (Lipinski definition) is 3. The molecule has 0 aliphatic rings. The van der Waals surface area contributed by atoms with E-state index in [1.54, 1.807) is 0 Å². The van der Waals surface area contributed by atoms with E-state index in [4.69, 9.17) is 9.97 Å². The van der Waals surface area contributed by atoms with Gasteiger partial charge in [0.25, 0.3) is 0 Å². The van der Waals surface area contributed by atoms with E-state index >= 15 is 0 Å². The largest absolute Gasteiger partial charge is 0.261 e. The first-order chi connectivity index (χ1) is 26.1. The van der Waals surface area contributed by atoms with E-state index in [0.29, 0.717) is 5.82 Å². The monoisotopic (exact) mass is 677 g/mol. The fraction of sp³-hybridized carbons (Fsp3) is 0.0200. The summed E-state index contributed by atoms with van der Waals surface area (Å²) in [6.07, 6.45) is 1.84. The van der Waals surface area contributed by atoms with Crippen molar-refractivity contribution in [1.29, 1.82) is 0 Å². The molecule has 0 fully saturated rings. The average Bonchev–Trinajstić information content (AvgIpc) is 3.24. The lowest BCUT2D eigenvalue weighted by atomic mass is 9.93. The van der Waals surface area contributed by atoms with Gasteiger partial charge in [-0.2, -0.15) is 0 Å². The number of nitrogens with zero attached hydrogens (tertiary/aromatic N) is 3. The van der Waals surface area contributed by atoms with Crippen LogP contribution in [-0.2, 0) is 0 Å². The van der Waals surface area contributed by atoms with E-state index in [1.165, 1.54) is 27.5 Å². The highest BCUT2D eigenvalue weighted by Gasteiger charge is 2.14. The second kappa shape index (κ2) is 14.0. The van der Waals surface area contributed by atoms with Crippen LogP contribution in [0.1, 0.15) is 5.69 Å². The first-order valence-corrected chi connectivity index (χ1v) is 17.9. The molecule has 2 aromatic heterocycles. The topological polar surface area (TPSA) is 38.7 Å². The lowest BCUT2D eigenvalue weighted by Crippen LogP contribution is -1.97. The second-order valence-corrected chi connectivity index (χ2v) is 13.3. The summed E-state index contributed by atoms with van der Waals surface area (Å²) in [5.41, 5.74) is 15.0. The molecule has 0 aliphatic carbocycles. The molecule has 0 spiro atoms. The van der Waals surface area contributed by atoms with Crippen molar-refractivity contribution in [3.05, 3.63) is 200 Å². The number of aryl methyl sites for hydroxylation is 1. The summed E-state index contributed by atoms with van der Waals surface area (Å²) >= 11 is 0. The molecule has 9 aromatic rings. The number of hydrogen-bond donors (Lipinski definition) is 0. The number of pyridine rings is 1. The Kier molecular flexibility index (Phi) is 8.43. The lowest BCUT2D eigenvalue weighted by Gasteiger charge is -2.14. The maximum Gasteiger partial charge on any atom is 0.160 e. The number of aromatic nitrogens is 3. The summed E-state index contributed by atoms with van der Waals surface area (Å²) in [5, 5.41) is 2.43. The van der Waals surface area contributed by atoms with Crippen molar-refractivity contribution in [3.63, 3.8) is 0 Å². The van der Waals surface area contributed by atoms with E-state index < -0.39 is 0 Å². The fourth-order valence-corrected chi connectivity index (χ4v) is 7.04. The Hall–Kier alpha value is -6.97. The molecule has 0 radical (unpaired) electrons. The quantitative estimate of drug-likeness (QED) is 0.169. The Morgan fingerprint density at radius 2 is 0.811 bits per heavy atom. The summed E-state index contributed by atoms with van der Waals surface area (Å²) in [7, 11) is 0. The maximum atomic E-state index is 5.19. The van der Waals surface area contributed by atoms with E-state index in [-0.39, 0.29) is 0 Å². The Labute approximate surface area is 310 Å². The van der Waals surface area contributed by atoms with Crippen LogP contribution in [0.15, 0.2) is 194 Å². The third kappa shape index (κ3) is 6.64. The molecule has 3 nitrogen and oxygen atoms in total. The third-order valence-corrected chi connectivity index (χ3v) is 9.89. The van der Waals surface area contributed by atoms with Gasteiger partial charge in [-0.3, -0.25) is 4.98 Å². The molecule has 0 atom stereocenters. The molecule has 0 amide bonds. The minimum atomic E-state index is 0.689. The van der Waals surface area contributed by atoms with Crippen molar-refractivity contribution in [1.82, 2.24) is 15.0 Å². The van der Waals surface area contributed by atoms with Gasteiger partial charge in [-0.15, -0.1) is 0 Å². The highest BCUT2D eigenvalue weighted by atomic mass is 14.9. The van der Waals surface area contributed by atoms with Crippen molar-refractivity contribution in [2.45, 2.75) is 6.92 Å². The van der Waals surface area contributed by atoms with Gasteiger partial charge in [0.2, 0.25) is 0 Å². The van der Waals surface area contributed by atoms with E-state index in [2.05, 4.69) is 182 Å². The SMILES string of the molecule is Cc1ncccc1-c1ccc(-c2ccc(-c3cc(-c4ccc5ccccc5c4)cc(-c4nc(-c5ccccc5)cc(-c5ccccc5)n4)c3)cc2)cc1. The summed E-state index contributed by atoms with van der Waals surface area (Å²) < 4.78 is 0. The molecular formula is C50H35N3. The zero-order valence-electron chi connectivity index (χ0n) is 29.3. The van der Waals surface area contributed by atoms with Crippen molar-refractivity contribution < 1.29 is 0 Å². The summed E-state index contributed by atoms with van der Waals surface area (Å²) in [6.45, 7) is 2.05. The van der Waals surface area contributed by atoms with Gasteiger partial charge in [0.15, 0.2) is 5.82 Å². The fourth-order valence-electron chi connectivity index (χ4n) is 7.04. The van der Waals surface area contributed by atoms with Gasteiger partial charge in [0.1, 0.15) is 0 Å². The van der Waals surface area contributed by atoms with Crippen LogP contribution in [0.4, 0.5) is 0 Å². The van der Waals surface area contributed by atoms with Gasteiger partial charge in [0, 0.05) is 34.1 Å². The van der Waals surface area contributed by atoms with Crippen LogP contribution in [0.25, 0.3) is 89.2 Å². The van der Waals surface area contributed by atoms with Crippen molar-refractivity contribution >= 4 is 10.8 Å². The molecule has 0 N–H and O–H groups in total. The van der Waals surface area contributed by atoms with Crippen LogP contribution in [0, 0.1) is 6.92 Å². The second-order valence-electron chi connectivity index (χ2n) is 13.3. The lowest BCUT2D eigenvalue weighted by molar-refractivity contribution is 1.18. The summed E-state index contributed by atoms with van der Waals surface area (Å²) in [4.78, 5) is 14.9. The summed E-state index contributed by atoms with van der Waals surface area (Å²) in [6, 6.07) is 66.4. The number of fused-ring (bicyclic) bond motifs is 1. The highest BCUT2D eigenvalue weighted by molar-refractivity contribution is 5.89. The molecular weight excluding hydrogens is 643 g/mol. The van der Waals surface area contributed by atoms with Gasteiger partial charge >= 0.3 is 0 Å². The third-order valence-electron chi connectivity index (χ3n) is 9.89. The van der Waals surface area contributed by atoms with Crippen LogP contribution in [0.3, 0.4) is 0 Å². The number of benzene rings is 7. The minimum absolute atomic E-state index is 0.689. The van der Waals surface area contributed by atoms with Crippen LogP contribution in [-0.4, -0.2) is 15.0 Å². The highest BCUT2D eigenvalue weighted by Crippen LogP contribution is 2.36. The minimum Gasteiger partial charge on any atom is -0.261 e. The zero-order chi connectivity index (χ0) is 35.6. The van der Waals surface area contributed by atoms with Gasteiger partial charge < -0.3 is 0 Å². The van der Waals surface area contributed by atoms with Crippen LogP contribution < -0.4 is 0 Å². The van der Waals surface area contributed by atoms with Gasteiger partial charge in [0.05, 0.1) is 11.4 Å². The molecule has 9 rings (SSSR count). The molecule has 0 bridgehead atoms. The average molecular weight is 678 g/mol. The Morgan fingerprint density at radius 3 is 1.42 bits per heavy atom. The van der Waals surface area contributed by atoms with Gasteiger partial charge in [-0.25, -0.2) is 9.97 Å². The molecule has 0 saturated carbocycles. The molecule has 250 valence electrons. The van der Waals surface area contributed by atoms with E-state index in [9.17, 15) is 0 Å². The van der Waals surface area contributed by atoms with Gasteiger partial charge in [-0.1, -0.05) is 152 Å². The van der Waals surface area contributed by atoms with E-state index in [1.807, 2.05) is 24.4 Å². The molecule has 53 heavy (non-hydrogen) atoms. The molecule has 2 heterocycles. The molecule has 0 aliphatic heterocycles. The molecule has 0 unspecified atom stereocenters. The van der Waals surface area contributed by atoms with Crippen LogP contribution in [0.5, 0.6) is 0 Å². The van der Waals surface area contributed by atoms with Gasteiger partial charge in [-0.05, 0) is 93.0 Å². The Morgan fingerprint density at radius 1 is 0.321 bits per heavy atom. The van der Waals surface area contributed by atoms with Crippen molar-refractivity contribution in [3.8, 4) is 78.4 Å². The first kappa shape index (κ1) is 32.0. The van der Waals surface area contributed by atoms with Crippen molar-refractivity contribution in [2.75, 3.05) is 0 Å².